The van der Waals surface area contributed by atoms with Crippen molar-refractivity contribution in [2.45, 2.75) is 57.5 Å². The molecule has 7 nitrogen and oxygen atoms in total. The molecule has 38 heavy (non-hydrogen) atoms. The van der Waals surface area contributed by atoms with Gasteiger partial charge in [-0.05, 0) is 69.0 Å². The summed E-state index contributed by atoms with van der Waals surface area (Å²) < 4.78 is 28.6. The SMILES string of the molecule is CC[C@H](C)NC(=O)[C@@H](C)N(CCc1ccccc1)C(=O)CN(c1cccc(C)c1)S(=O)(=O)c1ccccc1. The molecule has 3 rings (SSSR count). The smallest absolute Gasteiger partial charge is 0.264 e. The number of aryl methyl sites for hydroxylation is 1. The highest BCUT2D eigenvalue weighted by atomic mass is 32.2. The molecular weight excluding hydrogens is 498 g/mol. The maximum Gasteiger partial charge on any atom is 0.264 e. The number of carbonyl (C=O) groups is 2. The molecule has 0 bridgehead atoms. The van der Waals surface area contributed by atoms with E-state index in [1.807, 2.05) is 57.2 Å². The van der Waals surface area contributed by atoms with Crippen LogP contribution >= 0.6 is 0 Å². The molecular formula is C30H37N3O4S. The Hall–Kier alpha value is -3.65. The zero-order valence-electron chi connectivity index (χ0n) is 22.5. The third-order valence-electron chi connectivity index (χ3n) is 6.55. The van der Waals surface area contributed by atoms with Crippen LogP contribution in [0.4, 0.5) is 5.69 Å². The van der Waals surface area contributed by atoms with Gasteiger partial charge in [0.2, 0.25) is 11.8 Å². The van der Waals surface area contributed by atoms with Gasteiger partial charge in [0.15, 0.2) is 0 Å². The lowest BCUT2D eigenvalue weighted by Crippen LogP contribution is -2.53. The molecule has 2 atom stereocenters. The molecule has 0 aliphatic heterocycles. The van der Waals surface area contributed by atoms with Crippen molar-refractivity contribution < 1.29 is 18.0 Å². The lowest BCUT2D eigenvalue weighted by Gasteiger charge is -2.32. The number of hydrogen-bond acceptors (Lipinski definition) is 4. The van der Waals surface area contributed by atoms with Gasteiger partial charge in [-0.1, -0.05) is 67.6 Å². The third kappa shape index (κ3) is 7.44. The molecule has 8 heteroatoms. The van der Waals surface area contributed by atoms with Gasteiger partial charge >= 0.3 is 0 Å². The van der Waals surface area contributed by atoms with E-state index in [2.05, 4.69) is 5.32 Å². The summed E-state index contributed by atoms with van der Waals surface area (Å²) in [4.78, 5) is 28.5. The standard InChI is InChI=1S/C30H37N3O4S/c1-5-24(3)31-30(35)25(4)32(20-19-26-14-8-6-9-15-26)29(34)22-33(27-16-12-13-23(2)21-27)38(36,37)28-17-10-7-11-18-28/h6-18,21,24-25H,5,19-20,22H2,1-4H3,(H,31,35)/t24-,25+/m0/s1. The number of sulfonamides is 1. The second-order valence-electron chi connectivity index (χ2n) is 9.48. The summed E-state index contributed by atoms with van der Waals surface area (Å²) in [6.45, 7) is 7.27. The topological polar surface area (TPSA) is 86.8 Å². The zero-order chi connectivity index (χ0) is 27.7. The van der Waals surface area contributed by atoms with Gasteiger partial charge in [-0.25, -0.2) is 8.42 Å². The Labute approximate surface area is 226 Å². The van der Waals surface area contributed by atoms with Crippen LogP contribution in [-0.4, -0.2) is 50.3 Å². The number of carbonyl (C=O) groups excluding carboxylic acids is 2. The molecule has 202 valence electrons. The zero-order valence-corrected chi connectivity index (χ0v) is 23.3. The third-order valence-corrected chi connectivity index (χ3v) is 8.34. The summed E-state index contributed by atoms with van der Waals surface area (Å²) in [5.41, 5.74) is 2.28. The molecule has 0 aliphatic carbocycles. The van der Waals surface area contributed by atoms with Gasteiger partial charge in [0.05, 0.1) is 10.6 Å². The fourth-order valence-corrected chi connectivity index (χ4v) is 5.49. The van der Waals surface area contributed by atoms with Crippen molar-refractivity contribution in [1.82, 2.24) is 10.2 Å². The quantitative estimate of drug-likeness (QED) is 0.368. The number of benzene rings is 3. The number of nitrogens with one attached hydrogen (secondary N) is 1. The molecule has 3 aromatic carbocycles. The lowest BCUT2D eigenvalue weighted by atomic mass is 10.1. The number of nitrogens with zero attached hydrogens (tertiary/aromatic N) is 2. The highest BCUT2D eigenvalue weighted by molar-refractivity contribution is 7.92. The molecule has 0 saturated carbocycles. The van der Waals surface area contributed by atoms with E-state index >= 15 is 0 Å². The first kappa shape index (κ1) is 28.9. The minimum absolute atomic E-state index is 0.0433. The van der Waals surface area contributed by atoms with Gasteiger partial charge in [-0.15, -0.1) is 0 Å². The van der Waals surface area contributed by atoms with Crippen molar-refractivity contribution in [3.8, 4) is 0 Å². The van der Waals surface area contributed by atoms with E-state index in [0.717, 1.165) is 21.9 Å². The molecule has 0 saturated heterocycles. The number of amides is 2. The van der Waals surface area contributed by atoms with Gasteiger partial charge < -0.3 is 10.2 Å². The average molecular weight is 536 g/mol. The molecule has 0 aliphatic rings. The molecule has 1 N–H and O–H groups in total. The van der Waals surface area contributed by atoms with Crippen LogP contribution in [0.3, 0.4) is 0 Å². The van der Waals surface area contributed by atoms with Gasteiger partial charge in [0.1, 0.15) is 12.6 Å². The summed E-state index contributed by atoms with van der Waals surface area (Å²) in [5, 5.41) is 2.95. The first-order valence-corrected chi connectivity index (χ1v) is 14.4. The molecule has 0 radical (unpaired) electrons. The predicted molar refractivity (Wildman–Crippen MR) is 151 cm³/mol. The van der Waals surface area contributed by atoms with Crippen LogP contribution in [0.5, 0.6) is 0 Å². The van der Waals surface area contributed by atoms with Crippen molar-refractivity contribution in [3.63, 3.8) is 0 Å². The highest BCUT2D eigenvalue weighted by Crippen LogP contribution is 2.25. The minimum Gasteiger partial charge on any atom is -0.352 e. The highest BCUT2D eigenvalue weighted by Gasteiger charge is 2.32. The van der Waals surface area contributed by atoms with Crippen LogP contribution in [0, 0.1) is 6.92 Å². The Bertz CT molecular complexity index is 1310. The predicted octanol–water partition coefficient (Wildman–Crippen LogP) is 4.56. The average Bonchev–Trinajstić information content (AvgIpc) is 2.92. The van der Waals surface area contributed by atoms with Crippen molar-refractivity contribution in [3.05, 3.63) is 96.1 Å². The summed E-state index contributed by atoms with van der Waals surface area (Å²) >= 11 is 0. The fourth-order valence-electron chi connectivity index (χ4n) is 4.07. The molecule has 0 spiro atoms. The lowest BCUT2D eigenvalue weighted by molar-refractivity contribution is -0.139. The monoisotopic (exact) mass is 535 g/mol. The van der Waals surface area contributed by atoms with E-state index in [4.69, 9.17) is 0 Å². The summed E-state index contributed by atoms with van der Waals surface area (Å²) in [5.74, 6) is -0.720. The van der Waals surface area contributed by atoms with E-state index in [-0.39, 0.29) is 23.4 Å². The van der Waals surface area contributed by atoms with Crippen LogP contribution in [0.15, 0.2) is 89.8 Å². The molecule has 0 heterocycles. The van der Waals surface area contributed by atoms with Crippen LogP contribution in [0.1, 0.15) is 38.3 Å². The van der Waals surface area contributed by atoms with Crippen LogP contribution in [-0.2, 0) is 26.0 Å². The number of anilines is 1. The molecule has 0 fully saturated rings. The van der Waals surface area contributed by atoms with Crippen molar-refractivity contribution >= 4 is 27.5 Å². The Kier molecular flexibility index (Phi) is 10.1. The summed E-state index contributed by atoms with van der Waals surface area (Å²) in [6, 6.07) is 24.0. The van der Waals surface area contributed by atoms with Gasteiger partial charge in [0.25, 0.3) is 10.0 Å². The second kappa shape index (κ2) is 13.2. The molecule has 0 unspecified atom stereocenters. The van der Waals surface area contributed by atoms with Gasteiger partial charge in [0, 0.05) is 12.6 Å². The van der Waals surface area contributed by atoms with Gasteiger partial charge in [-0.2, -0.15) is 0 Å². The molecule has 3 aromatic rings. The molecule has 2 amide bonds. The minimum atomic E-state index is -4.05. The van der Waals surface area contributed by atoms with E-state index < -0.39 is 28.5 Å². The Balaban J connectivity index is 1.96. The van der Waals surface area contributed by atoms with E-state index in [1.54, 1.807) is 43.3 Å². The summed E-state index contributed by atoms with van der Waals surface area (Å²) in [7, 11) is -4.05. The second-order valence-corrected chi connectivity index (χ2v) is 11.3. The van der Waals surface area contributed by atoms with Crippen LogP contribution in [0.25, 0.3) is 0 Å². The Morgan fingerprint density at radius 2 is 1.53 bits per heavy atom. The Morgan fingerprint density at radius 1 is 0.895 bits per heavy atom. The van der Waals surface area contributed by atoms with Gasteiger partial charge in [-0.3, -0.25) is 13.9 Å². The maximum absolute atomic E-state index is 13.9. The first-order chi connectivity index (χ1) is 18.1. The van der Waals surface area contributed by atoms with E-state index in [9.17, 15) is 18.0 Å². The van der Waals surface area contributed by atoms with Crippen molar-refractivity contribution in [2.24, 2.45) is 0 Å². The van der Waals surface area contributed by atoms with Crippen LogP contribution in [0.2, 0.25) is 0 Å². The van der Waals surface area contributed by atoms with Crippen molar-refractivity contribution in [1.29, 1.82) is 0 Å². The van der Waals surface area contributed by atoms with E-state index in [0.29, 0.717) is 12.1 Å². The first-order valence-electron chi connectivity index (χ1n) is 12.9. The number of rotatable bonds is 12. The summed E-state index contributed by atoms with van der Waals surface area (Å²) in [6.07, 6.45) is 1.29. The normalized spacial score (nSPS) is 12.8. The largest absolute Gasteiger partial charge is 0.352 e. The van der Waals surface area contributed by atoms with E-state index in [1.165, 1.54) is 17.0 Å². The van der Waals surface area contributed by atoms with Crippen LogP contribution < -0.4 is 9.62 Å². The fraction of sp³-hybridized carbons (Fsp3) is 0.333. The maximum atomic E-state index is 13.9. The van der Waals surface area contributed by atoms with Crippen molar-refractivity contribution in [2.75, 3.05) is 17.4 Å². The molecule has 0 aromatic heterocycles. The number of hydrogen-bond donors (Lipinski definition) is 1. The Morgan fingerprint density at radius 3 is 2.13 bits per heavy atom.